The number of carbonyl (C=O) groups is 7. The van der Waals surface area contributed by atoms with E-state index in [2.05, 4.69) is 92.4 Å². The molecule has 2 heterocycles. The molecule has 4 rings (SSSR count). The molecular formula is C63H101N7O10. The molecule has 17 nitrogen and oxygen atoms in total. The van der Waals surface area contributed by atoms with Gasteiger partial charge >= 0.3 is 0 Å². The number of hydrogen-bond donors (Lipinski definition) is 4. The van der Waals surface area contributed by atoms with E-state index < -0.39 is 24.0 Å². The number of nitrogens with zero attached hydrogens (tertiary/aromatic N) is 3. The first kappa shape index (κ1) is 70.4. The Morgan fingerprint density at radius 1 is 0.787 bits per heavy atom. The molecule has 80 heavy (non-hydrogen) atoms. The summed E-state index contributed by atoms with van der Waals surface area (Å²) in [7, 11) is 5.06. The number of allylic oxidation sites excluding steroid dienone is 1. The molecule has 1 fully saturated rings. The molecule has 8 atom stereocenters. The fourth-order valence-corrected chi connectivity index (χ4v) is 10.6. The summed E-state index contributed by atoms with van der Waals surface area (Å²) >= 11 is 0. The van der Waals surface area contributed by atoms with E-state index in [4.69, 9.17) is 19.9 Å². The van der Waals surface area contributed by atoms with Crippen molar-refractivity contribution in [1.82, 2.24) is 30.9 Å². The molecule has 0 radical (unpaired) electrons. The summed E-state index contributed by atoms with van der Waals surface area (Å²) in [5.74, 6) is -2.29. The number of hydrogen-bond acceptors (Lipinski definition) is 11. The van der Waals surface area contributed by atoms with Gasteiger partial charge in [0.2, 0.25) is 29.5 Å². The van der Waals surface area contributed by atoms with E-state index in [1.807, 2.05) is 69.7 Å². The third-order valence-electron chi connectivity index (χ3n) is 15.1. The van der Waals surface area contributed by atoms with Crippen molar-refractivity contribution < 1.29 is 47.8 Å². The van der Waals surface area contributed by atoms with Gasteiger partial charge in [0.15, 0.2) is 0 Å². The Balaban J connectivity index is 0.000000962. The lowest BCUT2D eigenvalue weighted by atomic mass is 9.82. The highest BCUT2D eigenvalue weighted by Crippen LogP contribution is 2.31. The molecule has 0 aromatic heterocycles. The Morgan fingerprint density at radius 2 is 1.38 bits per heavy atom. The Morgan fingerprint density at radius 3 is 1.91 bits per heavy atom. The van der Waals surface area contributed by atoms with Crippen LogP contribution in [0.1, 0.15) is 151 Å². The third-order valence-corrected chi connectivity index (χ3v) is 15.1. The summed E-state index contributed by atoms with van der Waals surface area (Å²) in [5, 5.41) is 3.32. The van der Waals surface area contributed by atoms with E-state index in [1.165, 1.54) is 28.2 Å². The van der Waals surface area contributed by atoms with E-state index in [0.29, 0.717) is 45.3 Å². The van der Waals surface area contributed by atoms with Crippen LogP contribution in [0.4, 0.5) is 0 Å². The summed E-state index contributed by atoms with van der Waals surface area (Å²) in [6.07, 6.45) is 11.2. The fraction of sp³-hybridized carbons (Fsp3) is 0.635. The van der Waals surface area contributed by atoms with Crippen LogP contribution in [0.15, 0.2) is 84.5 Å². The van der Waals surface area contributed by atoms with Crippen LogP contribution in [0.3, 0.4) is 0 Å². The molecule has 2 aliphatic heterocycles. The van der Waals surface area contributed by atoms with Gasteiger partial charge in [0.05, 0.1) is 49.3 Å². The van der Waals surface area contributed by atoms with Crippen molar-refractivity contribution in [2.45, 2.75) is 183 Å². The summed E-state index contributed by atoms with van der Waals surface area (Å²) in [6, 6.07) is 19.9. The maximum atomic E-state index is 14.0. The van der Waals surface area contributed by atoms with Gasteiger partial charge < -0.3 is 30.2 Å². The number of carbonyl (C=O) groups excluding carboxylic acids is 7. The zero-order valence-corrected chi connectivity index (χ0v) is 50.8. The molecule has 2 aliphatic rings. The van der Waals surface area contributed by atoms with Crippen LogP contribution in [0.5, 0.6) is 0 Å². The SMILES string of the molecule is CC.CCC(/C=C(\C)[C@@H](NC(=O)C(C(C)C)N(C)CCCC(=O)NNC(=O)CCCCCN1C(=O)C=CC1=O)C(C)C)C(C)C(CC(=O)N1CCCC1C(OC)C(C)C(N)=O)OC.c1ccc(CCCOCc2ccccc2)cc1. The monoisotopic (exact) mass is 1120 g/mol. The average Bonchev–Trinajstić information content (AvgIpc) is 4.11. The summed E-state index contributed by atoms with van der Waals surface area (Å²) in [4.78, 5) is 92.7. The fourth-order valence-electron chi connectivity index (χ4n) is 10.6. The van der Waals surface area contributed by atoms with Gasteiger partial charge in [-0.3, -0.25) is 54.2 Å². The van der Waals surface area contributed by atoms with Gasteiger partial charge in [-0.2, -0.15) is 0 Å². The normalized spacial score (nSPS) is 16.9. The quantitative estimate of drug-likeness (QED) is 0.0230. The van der Waals surface area contributed by atoms with Crippen molar-refractivity contribution in [2.75, 3.05) is 47.5 Å². The highest BCUT2D eigenvalue weighted by molar-refractivity contribution is 6.12. The molecule has 0 spiro atoms. The number of methoxy groups -OCH3 is 2. The van der Waals surface area contributed by atoms with Crippen molar-refractivity contribution in [1.29, 1.82) is 0 Å². The van der Waals surface area contributed by atoms with Crippen molar-refractivity contribution in [2.24, 2.45) is 35.3 Å². The molecule has 0 aliphatic carbocycles. The van der Waals surface area contributed by atoms with Crippen molar-refractivity contribution in [3.8, 4) is 0 Å². The minimum atomic E-state index is -0.534. The predicted octanol–water partition coefficient (Wildman–Crippen LogP) is 8.50. The first-order valence-electron chi connectivity index (χ1n) is 29.3. The predicted molar refractivity (Wildman–Crippen MR) is 316 cm³/mol. The molecule has 5 N–H and O–H groups in total. The summed E-state index contributed by atoms with van der Waals surface area (Å²) in [6.45, 7) is 23.1. The molecular weight excluding hydrogens is 1010 g/mol. The molecule has 7 amide bonds. The maximum Gasteiger partial charge on any atom is 0.253 e. The minimum Gasteiger partial charge on any atom is -0.381 e. The molecule has 17 heteroatoms. The van der Waals surface area contributed by atoms with Crippen LogP contribution in [0.25, 0.3) is 0 Å². The van der Waals surface area contributed by atoms with Gasteiger partial charge in [-0.1, -0.05) is 141 Å². The van der Waals surface area contributed by atoms with E-state index in [9.17, 15) is 33.6 Å². The molecule has 1 saturated heterocycles. The number of primary amides is 1. The summed E-state index contributed by atoms with van der Waals surface area (Å²) in [5.41, 5.74) is 14.2. The van der Waals surface area contributed by atoms with Crippen LogP contribution in [-0.4, -0.2) is 134 Å². The third kappa shape index (κ3) is 24.5. The maximum absolute atomic E-state index is 14.0. The number of nitrogens with two attached hydrogens (primary N) is 1. The smallest absolute Gasteiger partial charge is 0.253 e. The zero-order valence-electron chi connectivity index (χ0n) is 50.8. The van der Waals surface area contributed by atoms with Crippen molar-refractivity contribution >= 4 is 41.4 Å². The lowest BCUT2D eigenvalue weighted by Gasteiger charge is -2.35. The number of imide groups is 1. The Bertz CT molecular complexity index is 2160. The first-order chi connectivity index (χ1) is 38.2. The second kappa shape index (κ2) is 38.8. The van der Waals surface area contributed by atoms with Gasteiger partial charge in [-0.25, -0.2) is 0 Å². The van der Waals surface area contributed by atoms with E-state index in [-0.39, 0.29) is 96.6 Å². The molecule has 0 saturated carbocycles. The Kier molecular flexibility index (Phi) is 34.1. The number of nitrogens with one attached hydrogen (secondary N) is 3. The number of unbranched alkanes of at least 4 members (excludes halogenated alkanes) is 2. The number of likely N-dealkylation sites (N-methyl/N-ethyl adjacent to an activating group) is 1. The number of aryl methyl sites for hydroxylation is 1. The highest BCUT2D eigenvalue weighted by atomic mass is 16.5. The van der Waals surface area contributed by atoms with Crippen LogP contribution >= 0.6 is 0 Å². The van der Waals surface area contributed by atoms with Gasteiger partial charge in [0.25, 0.3) is 11.8 Å². The number of amides is 7. The first-order valence-corrected chi connectivity index (χ1v) is 29.3. The number of likely N-dealkylation sites (tertiary alicyclic amines) is 1. The standard InChI is InChI=1S/C45H77N7O9.C16H18O.C2H6/c1-12-33(31(7)35(60-10)27-40(57)51-25-16-18-34(51)43(61-11)32(8)44(46)58)26-30(6)41(28(2)3)47-45(59)42(29(4)5)50(9)23-17-20-37(54)49-48-36(53)19-14-13-15-24-52-38(55)21-22-39(52)56;1-3-8-15(9-4-1)12-7-13-17-14-16-10-5-2-6-11-16;1-2/h21-22,26,28-29,31-35,41-43H,12-20,23-25,27H2,1-11H3,(H2,46,58)(H,47,59)(H,48,53)(H,49,54);1-6,8-11H,7,12-14H2;1-2H3/b30-26+;;/t31?,32?,33?,34?,35?,41-,42?,43?;;/m0../s1. The van der Waals surface area contributed by atoms with E-state index in [0.717, 1.165) is 50.9 Å². The largest absolute Gasteiger partial charge is 0.381 e. The van der Waals surface area contributed by atoms with E-state index >= 15 is 0 Å². The lowest BCUT2D eigenvalue weighted by molar-refractivity contribution is -0.141. The number of hydrazine groups is 1. The minimum absolute atomic E-state index is 0.0139. The van der Waals surface area contributed by atoms with Gasteiger partial charge in [0.1, 0.15) is 0 Å². The highest BCUT2D eigenvalue weighted by Gasteiger charge is 2.40. The number of rotatable bonds is 33. The van der Waals surface area contributed by atoms with Crippen LogP contribution in [-0.2, 0) is 60.8 Å². The van der Waals surface area contributed by atoms with E-state index in [1.54, 1.807) is 21.1 Å². The molecule has 7 unspecified atom stereocenters. The van der Waals surface area contributed by atoms with Crippen LogP contribution < -0.4 is 21.9 Å². The molecule has 448 valence electrons. The molecule has 2 aromatic rings. The Labute approximate surface area is 479 Å². The topological polar surface area (TPSA) is 219 Å². The van der Waals surface area contributed by atoms with Crippen molar-refractivity contribution in [3.63, 3.8) is 0 Å². The zero-order chi connectivity index (χ0) is 59.7. The second-order valence-corrected chi connectivity index (χ2v) is 21.7. The van der Waals surface area contributed by atoms with Gasteiger partial charge in [-0.05, 0) is 107 Å². The van der Waals surface area contributed by atoms with Crippen molar-refractivity contribution in [3.05, 3.63) is 95.6 Å². The second-order valence-electron chi connectivity index (χ2n) is 21.7. The van der Waals surface area contributed by atoms with Gasteiger partial charge in [0, 0.05) is 58.9 Å². The lowest BCUT2D eigenvalue weighted by Crippen LogP contribution is -2.52. The van der Waals surface area contributed by atoms with Gasteiger partial charge in [-0.15, -0.1) is 0 Å². The Hall–Kier alpha value is -5.75. The number of benzene rings is 2. The summed E-state index contributed by atoms with van der Waals surface area (Å²) < 4.78 is 17.3. The number of ether oxygens (including phenoxy) is 3. The molecule has 2 aromatic carbocycles. The average molecular weight is 1120 g/mol. The van der Waals surface area contributed by atoms with Crippen LogP contribution in [0.2, 0.25) is 0 Å². The molecule has 0 bridgehead atoms. The van der Waals surface area contributed by atoms with Crippen LogP contribution in [0, 0.1) is 29.6 Å².